The SMILES string of the molecule is O=C([O-])C1CC(=O)N(c2ccc(Br)cc2)C1. The third kappa shape index (κ3) is 2.09. The lowest BCUT2D eigenvalue weighted by Gasteiger charge is -2.17. The number of anilines is 1. The Hall–Kier alpha value is -1.36. The van der Waals surface area contributed by atoms with Crippen molar-refractivity contribution in [2.24, 2.45) is 5.92 Å². The van der Waals surface area contributed by atoms with E-state index in [-0.39, 0.29) is 18.9 Å². The monoisotopic (exact) mass is 282 g/mol. The maximum Gasteiger partial charge on any atom is 0.227 e. The van der Waals surface area contributed by atoms with Crippen LogP contribution in [0.1, 0.15) is 6.42 Å². The Balaban J connectivity index is 2.20. The molecule has 1 aliphatic rings. The fourth-order valence-electron chi connectivity index (χ4n) is 1.74. The zero-order valence-electron chi connectivity index (χ0n) is 8.35. The van der Waals surface area contributed by atoms with Crippen LogP contribution in [0.5, 0.6) is 0 Å². The van der Waals surface area contributed by atoms with Crippen LogP contribution in [0, 0.1) is 5.92 Å². The highest BCUT2D eigenvalue weighted by Gasteiger charge is 2.31. The predicted octanol–water partition coefficient (Wildman–Crippen LogP) is 0.552. The number of amides is 1. The molecule has 1 saturated heterocycles. The molecule has 0 radical (unpaired) electrons. The minimum atomic E-state index is -1.16. The van der Waals surface area contributed by atoms with Crippen LogP contribution in [0.2, 0.25) is 0 Å². The largest absolute Gasteiger partial charge is 0.550 e. The second-order valence-corrected chi connectivity index (χ2v) is 4.62. The molecule has 84 valence electrons. The molecule has 1 fully saturated rings. The summed E-state index contributed by atoms with van der Waals surface area (Å²) in [6.45, 7) is 0.197. The van der Waals surface area contributed by atoms with Crippen LogP contribution in [-0.4, -0.2) is 18.4 Å². The summed E-state index contributed by atoms with van der Waals surface area (Å²) in [5, 5.41) is 10.7. The second kappa shape index (κ2) is 4.25. The van der Waals surface area contributed by atoms with Gasteiger partial charge in [0.15, 0.2) is 0 Å². The molecule has 1 atom stereocenters. The summed E-state index contributed by atoms with van der Waals surface area (Å²) in [7, 11) is 0. The number of hydrogen-bond donors (Lipinski definition) is 0. The van der Waals surface area contributed by atoms with Crippen molar-refractivity contribution < 1.29 is 14.7 Å². The lowest BCUT2D eigenvalue weighted by molar-refractivity contribution is -0.310. The van der Waals surface area contributed by atoms with Gasteiger partial charge in [-0.1, -0.05) is 15.9 Å². The summed E-state index contributed by atoms with van der Waals surface area (Å²) in [6.07, 6.45) is 0.0262. The molecular formula is C11H9BrNO3-. The van der Waals surface area contributed by atoms with Crippen molar-refractivity contribution in [2.45, 2.75) is 6.42 Å². The van der Waals surface area contributed by atoms with Crippen molar-refractivity contribution in [1.29, 1.82) is 0 Å². The van der Waals surface area contributed by atoms with Gasteiger partial charge in [-0.15, -0.1) is 0 Å². The van der Waals surface area contributed by atoms with E-state index >= 15 is 0 Å². The summed E-state index contributed by atoms with van der Waals surface area (Å²) in [6, 6.07) is 7.18. The lowest BCUT2D eigenvalue weighted by atomic mass is 10.1. The summed E-state index contributed by atoms with van der Waals surface area (Å²) in [5.74, 6) is -2.03. The van der Waals surface area contributed by atoms with Crippen LogP contribution >= 0.6 is 15.9 Å². The van der Waals surface area contributed by atoms with Gasteiger partial charge in [0.1, 0.15) is 0 Å². The van der Waals surface area contributed by atoms with Gasteiger partial charge in [-0.3, -0.25) is 4.79 Å². The summed E-state index contributed by atoms with van der Waals surface area (Å²) >= 11 is 3.30. The Bertz CT molecular complexity index is 429. The van der Waals surface area contributed by atoms with E-state index in [0.29, 0.717) is 0 Å². The molecule has 2 rings (SSSR count). The van der Waals surface area contributed by atoms with E-state index in [2.05, 4.69) is 15.9 Å². The fraction of sp³-hybridized carbons (Fsp3) is 0.273. The number of benzene rings is 1. The van der Waals surface area contributed by atoms with Crippen molar-refractivity contribution in [3.8, 4) is 0 Å². The molecule has 4 nitrogen and oxygen atoms in total. The molecular weight excluding hydrogens is 274 g/mol. The summed E-state index contributed by atoms with van der Waals surface area (Å²) in [5.41, 5.74) is 0.719. The molecule has 0 aromatic heterocycles. The van der Waals surface area contributed by atoms with E-state index in [1.54, 1.807) is 12.1 Å². The first-order chi connectivity index (χ1) is 7.58. The molecule has 16 heavy (non-hydrogen) atoms. The van der Waals surface area contributed by atoms with Gasteiger partial charge in [0.2, 0.25) is 5.91 Å². The molecule has 0 bridgehead atoms. The number of halogens is 1. The highest BCUT2D eigenvalue weighted by atomic mass is 79.9. The highest BCUT2D eigenvalue weighted by molar-refractivity contribution is 9.10. The molecule has 5 heteroatoms. The van der Waals surface area contributed by atoms with Gasteiger partial charge in [-0.25, -0.2) is 0 Å². The standard InChI is InChI=1S/C11H10BrNO3/c12-8-1-3-9(4-2-8)13-6-7(11(15)16)5-10(13)14/h1-4,7H,5-6H2,(H,15,16)/p-1. The maximum absolute atomic E-state index is 11.6. The van der Waals surface area contributed by atoms with Gasteiger partial charge < -0.3 is 14.8 Å². The van der Waals surface area contributed by atoms with Crippen molar-refractivity contribution in [3.63, 3.8) is 0 Å². The van der Waals surface area contributed by atoms with Crippen molar-refractivity contribution in [1.82, 2.24) is 0 Å². The summed E-state index contributed by atoms with van der Waals surface area (Å²) < 4.78 is 0.916. The molecule has 1 amide bonds. The zero-order chi connectivity index (χ0) is 11.7. The van der Waals surface area contributed by atoms with Crippen LogP contribution in [-0.2, 0) is 9.59 Å². The predicted molar refractivity (Wildman–Crippen MR) is 59.6 cm³/mol. The number of rotatable bonds is 2. The number of carboxylic acid groups (broad SMARTS) is 1. The highest BCUT2D eigenvalue weighted by Crippen LogP contribution is 2.25. The zero-order valence-corrected chi connectivity index (χ0v) is 9.94. The number of carbonyl (C=O) groups excluding carboxylic acids is 2. The fourth-order valence-corrected chi connectivity index (χ4v) is 2.00. The quantitative estimate of drug-likeness (QED) is 0.796. The molecule has 0 saturated carbocycles. The van der Waals surface area contributed by atoms with Crippen molar-refractivity contribution in [2.75, 3.05) is 11.4 Å². The lowest BCUT2D eigenvalue weighted by Crippen LogP contribution is -2.33. The first-order valence-corrected chi connectivity index (χ1v) is 5.64. The molecule has 1 unspecified atom stereocenters. The van der Waals surface area contributed by atoms with Crippen LogP contribution < -0.4 is 10.0 Å². The van der Waals surface area contributed by atoms with Gasteiger partial charge in [0.05, 0.1) is 0 Å². The van der Waals surface area contributed by atoms with E-state index < -0.39 is 11.9 Å². The molecule has 0 spiro atoms. The third-order valence-corrected chi connectivity index (χ3v) is 3.13. The first-order valence-electron chi connectivity index (χ1n) is 4.84. The van der Waals surface area contributed by atoms with Gasteiger partial charge in [-0.2, -0.15) is 0 Å². The minimum absolute atomic E-state index is 0.0262. The number of carboxylic acids is 1. The number of nitrogens with zero attached hydrogens (tertiary/aromatic N) is 1. The van der Waals surface area contributed by atoms with E-state index in [1.165, 1.54) is 4.90 Å². The van der Waals surface area contributed by atoms with E-state index in [1.807, 2.05) is 12.1 Å². The second-order valence-electron chi connectivity index (χ2n) is 3.70. The molecule has 1 aromatic carbocycles. The van der Waals surface area contributed by atoms with Crippen LogP contribution in [0.15, 0.2) is 28.7 Å². The van der Waals surface area contributed by atoms with Crippen LogP contribution in [0.4, 0.5) is 5.69 Å². The maximum atomic E-state index is 11.6. The Kier molecular flexibility index (Phi) is 2.96. The molecule has 0 N–H and O–H groups in total. The van der Waals surface area contributed by atoms with Crippen molar-refractivity contribution >= 4 is 33.5 Å². The average molecular weight is 283 g/mol. The third-order valence-electron chi connectivity index (χ3n) is 2.60. The topological polar surface area (TPSA) is 60.4 Å². The smallest absolute Gasteiger partial charge is 0.227 e. The molecule has 1 aromatic rings. The van der Waals surface area contributed by atoms with E-state index in [0.717, 1.165) is 10.2 Å². The average Bonchev–Trinajstić information content (AvgIpc) is 2.62. The van der Waals surface area contributed by atoms with E-state index in [4.69, 9.17) is 0 Å². The molecule has 1 aliphatic heterocycles. The molecule has 0 aliphatic carbocycles. The van der Waals surface area contributed by atoms with Crippen molar-refractivity contribution in [3.05, 3.63) is 28.7 Å². The number of hydrogen-bond acceptors (Lipinski definition) is 3. The van der Waals surface area contributed by atoms with Gasteiger partial charge >= 0.3 is 0 Å². The Morgan fingerprint density at radius 1 is 1.38 bits per heavy atom. The Labute approximate surface area is 101 Å². The number of aliphatic carboxylic acids is 1. The van der Waals surface area contributed by atoms with Crippen LogP contribution in [0.25, 0.3) is 0 Å². The minimum Gasteiger partial charge on any atom is -0.550 e. The Morgan fingerprint density at radius 2 is 2.00 bits per heavy atom. The van der Waals surface area contributed by atoms with E-state index in [9.17, 15) is 14.7 Å². The van der Waals surface area contributed by atoms with Crippen LogP contribution in [0.3, 0.4) is 0 Å². The first kappa shape index (κ1) is 11.1. The Morgan fingerprint density at radius 3 is 2.50 bits per heavy atom. The van der Waals surface area contributed by atoms with Gasteiger partial charge in [0, 0.05) is 35.0 Å². The van der Waals surface area contributed by atoms with Gasteiger partial charge in [-0.05, 0) is 24.3 Å². The molecule has 1 heterocycles. The number of carbonyl (C=O) groups is 2. The summed E-state index contributed by atoms with van der Waals surface area (Å²) in [4.78, 5) is 23.8. The van der Waals surface area contributed by atoms with Gasteiger partial charge in [0.25, 0.3) is 0 Å². The normalized spacial score (nSPS) is 20.2.